The third-order valence-electron chi connectivity index (χ3n) is 3.63. The lowest BCUT2D eigenvalue weighted by Crippen LogP contribution is -2.24. The zero-order chi connectivity index (χ0) is 21.9. The van der Waals surface area contributed by atoms with Crippen molar-refractivity contribution in [1.82, 2.24) is 19.9 Å². The highest BCUT2D eigenvalue weighted by molar-refractivity contribution is 7.15. The van der Waals surface area contributed by atoms with Crippen molar-refractivity contribution in [3.63, 3.8) is 0 Å². The van der Waals surface area contributed by atoms with Crippen molar-refractivity contribution in [3.8, 4) is 10.6 Å². The molecule has 10 heteroatoms. The van der Waals surface area contributed by atoms with Crippen molar-refractivity contribution in [2.24, 2.45) is 0 Å². The van der Waals surface area contributed by atoms with Crippen LogP contribution in [0, 0.1) is 6.92 Å². The summed E-state index contributed by atoms with van der Waals surface area (Å²) in [6.07, 6.45) is 3.52. The number of rotatable bonds is 8. The van der Waals surface area contributed by atoms with Gasteiger partial charge in [0.2, 0.25) is 0 Å². The van der Waals surface area contributed by atoms with Crippen molar-refractivity contribution in [3.05, 3.63) is 53.3 Å². The average molecular weight is 430 g/mol. The van der Waals surface area contributed by atoms with Crippen LogP contribution in [0.4, 0.5) is 11.6 Å². The number of carbonyl (C=O) groups is 2. The lowest BCUT2D eigenvalue weighted by molar-refractivity contribution is -0.138. The smallest absolute Gasteiger partial charge is 0.317 e. The number of hydrogen-bond acceptors (Lipinski definition) is 9. The summed E-state index contributed by atoms with van der Waals surface area (Å²) in [7, 11) is 3.07. The third kappa shape index (κ3) is 7.57. The van der Waals surface area contributed by atoms with Gasteiger partial charge in [-0.3, -0.25) is 14.5 Å². The molecule has 0 aliphatic carbocycles. The standard InChI is InChI=1S/C18H19N5O2S.C2H4O2/c1-12-6-7-19-16(8-12)22-15-5-3-4-13(21-15)14-9-20-17(26-14)10-23(2)11-18(24)25;1-4-2-3/h3-9H,10-11H2,1-2H3,(H,24,25)(H,19,21,22);2H,1H3. The van der Waals surface area contributed by atoms with Gasteiger partial charge in [0.25, 0.3) is 6.47 Å². The van der Waals surface area contributed by atoms with Crippen molar-refractivity contribution in [1.29, 1.82) is 0 Å². The number of likely N-dealkylation sites (N-methyl/N-ethyl adjacent to an activating group) is 1. The van der Waals surface area contributed by atoms with Crippen LogP contribution in [-0.4, -0.2) is 58.1 Å². The van der Waals surface area contributed by atoms with Gasteiger partial charge in [-0.15, -0.1) is 11.3 Å². The first-order chi connectivity index (χ1) is 14.4. The Labute approximate surface area is 178 Å². The molecule has 0 saturated heterocycles. The Morgan fingerprint density at radius 3 is 2.73 bits per heavy atom. The van der Waals surface area contributed by atoms with Gasteiger partial charge >= 0.3 is 5.97 Å². The van der Waals surface area contributed by atoms with E-state index in [1.165, 1.54) is 18.4 Å². The summed E-state index contributed by atoms with van der Waals surface area (Å²) in [5.74, 6) is 0.600. The largest absolute Gasteiger partial charge is 0.480 e. The monoisotopic (exact) mass is 429 g/mol. The number of carbonyl (C=O) groups excluding carboxylic acids is 1. The second-order valence-corrected chi connectivity index (χ2v) is 7.38. The molecule has 0 aliphatic heterocycles. The highest BCUT2D eigenvalue weighted by Crippen LogP contribution is 2.26. The third-order valence-corrected chi connectivity index (χ3v) is 4.64. The number of nitrogens with zero attached hydrogens (tertiary/aromatic N) is 4. The number of ether oxygens (including phenoxy) is 1. The van der Waals surface area contributed by atoms with E-state index in [9.17, 15) is 4.79 Å². The summed E-state index contributed by atoms with van der Waals surface area (Å²) in [6.45, 7) is 2.86. The first kappa shape index (κ1) is 22.9. The number of anilines is 2. The number of nitrogens with one attached hydrogen (secondary N) is 1. The van der Waals surface area contributed by atoms with E-state index in [1.807, 2.05) is 37.3 Å². The van der Waals surface area contributed by atoms with Crippen LogP contribution >= 0.6 is 11.3 Å². The SMILES string of the molecule is COC=O.Cc1ccnc(Nc2cccc(-c3cnc(CN(C)CC(=O)O)s3)n2)c1. The van der Waals surface area contributed by atoms with Gasteiger partial charge in [-0.1, -0.05) is 6.07 Å². The summed E-state index contributed by atoms with van der Waals surface area (Å²) in [6, 6.07) is 9.63. The Balaban J connectivity index is 0.000000735. The Morgan fingerprint density at radius 2 is 2.07 bits per heavy atom. The number of aromatic nitrogens is 3. The normalized spacial score (nSPS) is 10.1. The lowest BCUT2D eigenvalue weighted by atomic mass is 10.3. The van der Waals surface area contributed by atoms with Crippen LogP contribution in [0.5, 0.6) is 0 Å². The molecule has 0 bridgehead atoms. The predicted octanol–water partition coefficient (Wildman–Crippen LogP) is 2.96. The molecule has 0 radical (unpaired) electrons. The molecule has 3 aromatic rings. The minimum absolute atomic E-state index is 0.0178. The van der Waals surface area contributed by atoms with Gasteiger partial charge in [-0.2, -0.15) is 0 Å². The molecule has 3 aromatic heterocycles. The fraction of sp³-hybridized carbons (Fsp3) is 0.250. The molecule has 3 rings (SSSR count). The van der Waals surface area contributed by atoms with Crippen molar-refractivity contribution in [2.75, 3.05) is 26.0 Å². The molecule has 158 valence electrons. The second-order valence-electron chi connectivity index (χ2n) is 6.27. The summed E-state index contributed by atoms with van der Waals surface area (Å²) in [5, 5.41) is 12.9. The van der Waals surface area contributed by atoms with Gasteiger partial charge < -0.3 is 15.2 Å². The van der Waals surface area contributed by atoms with Crippen molar-refractivity contribution >= 4 is 35.4 Å². The first-order valence-corrected chi connectivity index (χ1v) is 9.71. The minimum atomic E-state index is -0.852. The Hall–Kier alpha value is -3.37. The number of hydrogen-bond donors (Lipinski definition) is 2. The molecule has 0 fully saturated rings. The molecule has 0 saturated carbocycles. The molecular formula is C20H23N5O4S. The number of aryl methyl sites for hydroxylation is 1. The molecule has 0 amide bonds. The molecule has 2 N–H and O–H groups in total. The quantitative estimate of drug-likeness (QED) is 0.521. The summed E-state index contributed by atoms with van der Waals surface area (Å²) in [5.41, 5.74) is 1.93. The Kier molecular flexibility index (Phi) is 8.85. The van der Waals surface area contributed by atoms with Crippen LogP contribution in [0.1, 0.15) is 10.6 Å². The molecule has 3 heterocycles. The van der Waals surface area contributed by atoms with Gasteiger partial charge in [-0.25, -0.2) is 15.0 Å². The van der Waals surface area contributed by atoms with Gasteiger partial charge in [0, 0.05) is 12.4 Å². The van der Waals surface area contributed by atoms with Gasteiger partial charge in [0.1, 0.15) is 16.6 Å². The van der Waals surface area contributed by atoms with E-state index in [2.05, 4.69) is 25.0 Å². The van der Waals surface area contributed by atoms with Crippen LogP contribution in [0.25, 0.3) is 10.6 Å². The maximum atomic E-state index is 10.8. The summed E-state index contributed by atoms with van der Waals surface area (Å²) >= 11 is 1.51. The highest BCUT2D eigenvalue weighted by atomic mass is 32.1. The maximum Gasteiger partial charge on any atom is 0.317 e. The van der Waals surface area contributed by atoms with Gasteiger partial charge in [0.15, 0.2) is 0 Å². The number of aliphatic carboxylic acids is 1. The average Bonchev–Trinajstić information content (AvgIpc) is 3.16. The first-order valence-electron chi connectivity index (χ1n) is 8.90. The lowest BCUT2D eigenvalue weighted by Gasteiger charge is -2.10. The molecule has 0 spiro atoms. The second kappa shape index (κ2) is 11.6. The summed E-state index contributed by atoms with van der Waals surface area (Å²) in [4.78, 5) is 35.6. The van der Waals surface area contributed by atoms with Crippen LogP contribution in [0.2, 0.25) is 0 Å². The number of pyridine rings is 2. The van der Waals surface area contributed by atoms with E-state index in [0.29, 0.717) is 18.8 Å². The fourth-order valence-corrected chi connectivity index (χ4v) is 3.36. The molecule has 30 heavy (non-hydrogen) atoms. The van der Waals surface area contributed by atoms with E-state index < -0.39 is 5.97 Å². The van der Waals surface area contributed by atoms with Crippen LogP contribution in [-0.2, 0) is 20.9 Å². The molecule has 0 unspecified atom stereocenters. The number of carboxylic acid groups (broad SMARTS) is 1. The predicted molar refractivity (Wildman–Crippen MR) is 115 cm³/mol. The molecule has 9 nitrogen and oxygen atoms in total. The summed E-state index contributed by atoms with van der Waals surface area (Å²) < 4.78 is 3.86. The van der Waals surface area contributed by atoms with E-state index >= 15 is 0 Å². The molecular weight excluding hydrogens is 406 g/mol. The maximum absolute atomic E-state index is 10.8. The number of methoxy groups -OCH3 is 1. The number of carboxylic acids is 1. The van der Waals surface area contributed by atoms with E-state index in [1.54, 1.807) is 24.3 Å². The number of thiazole rings is 1. The topological polar surface area (TPSA) is 118 Å². The zero-order valence-corrected chi connectivity index (χ0v) is 17.7. The molecule has 0 aliphatic rings. The van der Waals surface area contributed by atoms with Crippen molar-refractivity contribution in [2.45, 2.75) is 13.5 Å². The van der Waals surface area contributed by atoms with Crippen LogP contribution in [0.3, 0.4) is 0 Å². The van der Waals surface area contributed by atoms with E-state index in [4.69, 9.17) is 9.90 Å². The van der Waals surface area contributed by atoms with Crippen LogP contribution in [0.15, 0.2) is 42.7 Å². The fourth-order valence-electron chi connectivity index (χ4n) is 2.40. The zero-order valence-electron chi connectivity index (χ0n) is 16.9. The van der Waals surface area contributed by atoms with Gasteiger partial charge in [-0.05, 0) is 43.8 Å². The van der Waals surface area contributed by atoms with Crippen molar-refractivity contribution < 1.29 is 19.4 Å². The Bertz CT molecular complexity index is 979. The van der Waals surface area contributed by atoms with Gasteiger partial charge in [0.05, 0.1) is 30.8 Å². The van der Waals surface area contributed by atoms with E-state index in [-0.39, 0.29) is 6.54 Å². The minimum Gasteiger partial charge on any atom is -0.480 e. The highest BCUT2D eigenvalue weighted by Gasteiger charge is 2.11. The molecule has 0 atom stereocenters. The van der Waals surface area contributed by atoms with E-state index in [0.717, 1.165) is 27.0 Å². The molecule has 0 aromatic carbocycles. The Morgan fingerprint density at radius 1 is 1.30 bits per heavy atom. The van der Waals surface area contributed by atoms with Crippen LogP contribution < -0.4 is 5.32 Å².